The van der Waals surface area contributed by atoms with Gasteiger partial charge in [-0.3, -0.25) is 4.90 Å². The standard InChI is InChI=1S/C13H17NO3/c1-16-13-4-2-11(3-5-13)8-14-6-7-17-10-12(14)9-15/h2-5,9,12H,6-8,10H2,1H3. The van der Waals surface area contributed by atoms with E-state index in [9.17, 15) is 4.79 Å². The van der Waals surface area contributed by atoms with Crippen LogP contribution >= 0.6 is 0 Å². The van der Waals surface area contributed by atoms with Gasteiger partial charge in [0, 0.05) is 13.1 Å². The highest BCUT2D eigenvalue weighted by atomic mass is 16.5. The minimum Gasteiger partial charge on any atom is -0.497 e. The first-order valence-corrected chi connectivity index (χ1v) is 5.73. The zero-order valence-corrected chi connectivity index (χ0v) is 9.96. The number of ether oxygens (including phenoxy) is 2. The van der Waals surface area contributed by atoms with Gasteiger partial charge in [0.1, 0.15) is 12.0 Å². The van der Waals surface area contributed by atoms with Crippen molar-refractivity contribution in [3.8, 4) is 5.75 Å². The van der Waals surface area contributed by atoms with Gasteiger partial charge < -0.3 is 14.3 Å². The van der Waals surface area contributed by atoms with E-state index >= 15 is 0 Å². The van der Waals surface area contributed by atoms with E-state index in [-0.39, 0.29) is 6.04 Å². The Morgan fingerprint density at radius 1 is 1.47 bits per heavy atom. The Balaban J connectivity index is 2.00. The monoisotopic (exact) mass is 235 g/mol. The minimum atomic E-state index is -0.120. The molecule has 1 unspecified atom stereocenters. The molecule has 1 saturated heterocycles. The molecule has 1 aliphatic heterocycles. The van der Waals surface area contributed by atoms with Gasteiger partial charge in [-0.1, -0.05) is 12.1 Å². The van der Waals surface area contributed by atoms with Gasteiger partial charge in [-0.2, -0.15) is 0 Å². The van der Waals surface area contributed by atoms with E-state index in [1.807, 2.05) is 24.3 Å². The Kier molecular flexibility index (Phi) is 4.12. The number of carbonyl (C=O) groups excluding carboxylic acids is 1. The zero-order chi connectivity index (χ0) is 12.1. The molecular formula is C13H17NO3. The van der Waals surface area contributed by atoms with Crippen molar-refractivity contribution >= 4 is 6.29 Å². The van der Waals surface area contributed by atoms with E-state index < -0.39 is 0 Å². The third-order valence-electron chi connectivity index (χ3n) is 2.98. The molecule has 17 heavy (non-hydrogen) atoms. The van der Waals surface area contributed by atoms with Crippen LogP contribution in [0.15, 0.2) is 24.3 Å². The summed E-state index contributed by atoms with van der Waals surface area (Å²) in [6.45, 7) is 2.77. The normalized spacial score (nSPS) is 21.1. The Bertz CT molecular complexity index is 363. The molecular weight excluding hydrogens is 218 g/mol. The molecule has 1 aromatic carbocycles. The topological polar surface area (TPSA) is 38.8 Å². The summed E-state index contributed by atoms with van der Waals surface area (Å²) in [6.07, 6.45) is 0.961. The molecule has 4 nitrogen and oxygen atoms in total. The lowest BCUT2D eigenvalue weighted by molar-refractivity contribution is -0.118. The smallest absolute Gasteiger partial charge is 0.139 e. The van der Waals surface area contributed by atoms with Gasteiger partial charge in [0.25, 0.3) is 0 Å². The first kappa shape index (κ1) is 12.1. The van der Waals surface area contributed by atoms with E-state index in [0.29, 0.717) is 13.2 Å². The lowest BCUT2D eigenvalue weighted by Crippen LogP contribution is -2.45. The first-order chi connectivity index (χ1) is 8.33. The SMILES string of the molecule is COc1ccc(CN2CCOCC2C=O)cc1. The van der Waals surface area contributed by atoms with Crippen LogP contribution in [0.3, 0.4) is 0 Å². The predicted molar refractivity (Wildman–Crippen MR) is 64.1 cm³/mol. The fourth-order valence-corrected chi connectivity index (χ4v) is 1.94. The van der Waals surface area contributed by atoms with Crippen molar-refractivity contribution in [3.05, 3.63) is 29.8 Å². The molecule has 1 atom stereocenters. The Morgan fingerprint density at radius 2 is 2.24 bits per heavy atom. The molecule has 0 saturated carbocycles. The number of morpholine rings is 1. The van der Waals surface area contributed by atoms with Gasteiger partial charge in [0.2, 0.25) is 0 Å². The number of hydrogen-bond donors (Lipinski definition) is 0. The van der Waals surface area contributed by atoms with Gasteiger partial charge >= 0.3 is 0 Å². The van der Waals surface area contributed by atoms with Crippen LogP contribution in [0.2, 0.25) is 0 Å². The van der Waals surface area contributed by atoms with Crippen molar-refractivity contribution < 1.29 is 14.3 Å². The van der Waals surface area contributed by atoms with Crippen LogP contribution in [-0.2, 0) is 16.1 Å². The van der Waals surface area contributed by atoms with Crippen LogP contribution in [0.25, 0.3) is 0 Å². The molecule has 2 rings (SSSR count). The molecule has 0 spiro atoms. The summed E-state index contributed by atoms with van der Waals surface area (Å²) in [5.74, 6) is 0.850. The number of methoxy groups -OCH3 is 1. The van der Waals surface area contributed by atoms with Crippen molar-refractivity contribution in [2.24, 2.45) is 0 Å². The van der Waals surface area contributed by atoms with Crippen molar-refractivity contribution in [1.29, 1.82) is 0 Å². The zero-order valence-electron chi connectivity index (χ0n) is 9.96. The van der Waals surface area contributed by atoms with Crippen molar-refractivity contribution in [1.82, 2.24) is 4.90 Å². The summed E-state index contributed by atoms with van der Waals surface area (Å²) in [4.78, 5) is 13.1. The van der Waals surface area contributed by atoms with Crippen molar-refractivity contribution in [2.45, 2.75) is 12.6 Å². The maximum absolute atomic E-state index is 10.9. The van der Waals surface area contributed by atoms with Crippen molar-refractivity contribution in [2.75, 3.05) is 26.9 Å². The first-order valence-electron chi connectivity index (χ1n) is 5.73. The molecule has 1 heterocycles. The van der Waals surface area contributed by atoms with Gasteiger partial charge in [-0.25, -0.2) is 0 Å². The largest absolute Gasteiger partial charge is 0.497 e. The molecule has 1 aliphatic rings. The van der Waals surface area contributed by atoms with Gasteiger partial charge in [-0.15, -0.1) is 0 Å². The molecule has 1 aromatic rings. The van der Waals surface area contributed by atoms with Gasteiger partial charge in [0.05, 0.1) is 26.4 Å². The average molecular weight is 235 g/mol. The van der Waals surface area contributed by atoms with E-state index in [1.165, 1.54) is 5.56 Å². The highest BCUT2D eigenvalue weighted by molar-refractivity contribution is 5.58. The second-order valence-electron chi connectivity index (χ2n) is 4.10. The van der Waals surface area contributed by atoms with Crippen LogP contribution in [0.1, 0.15) is 5.56 Å². The van der Waals surface area contributed by atoms with Crippen LogP contribution in [-0.4, -0.2) is 44.1 Å². The maximum Gasteiger partial charge on any atom is 0.139 e. The number of rotatable bonds is 4. The molecule has 4 heteroatoms. The van der Waals surface area contributed by atoms with Gasteiger partial charge in [-0.05, 0) is 17.7 Å². The number of carbonyl (C=O) groups is 1. The fourth-order valence-electron chi connectivity index (χ4n) is 1.94. The molecule has 92 valence electrons. The Hall–Kier alpha value is -1.39. The summed E-state index contributed by atoms with van der Waals surface area (Å²) < 4.78 is 10.4. The van der Waals surface area contributed by atoms with E-state index in [1.54, 1.807) is 7.11 Å². The minimum absolute atomic E-state index is 0.120. The second kappa shape index (κ2) is 5.80. The lowest BCUT2D eigenvalue weighted by atomic mass is 10.1. The molecule has 0 amide bonds. The van der Waals surface area contributed by atoms with Gasteiger partial charge in [0.15, 0.2) is 0 Å². The lowest BCUT2D eigenvalue weighted by Gasteiger charge is -2.32. The second-order valence-corrected chi connectivity index (χ2v) is 4.10. The highest BCUT2D eigenvalue weighted by Crippen LogP contribution is 2.15. The molecule has 0 bridgehead atoms. The summed E-state index contributed by atoms with van der Waals surface area (Å²) in [7, 11) is 1.65. The molecule has 1 fully saturated rings. The van der Waals surface area contributed by atoms with Crippen LogP contribution in [0.4, 0.5) is 0 Å². The third-order valence-corrected chi connectivity index (χ3v) is 2.98. The summed E-state index contributed by atoms with van der Waals surface area (Å²) in [5.41, 5.74) is 1.18. The molecule has 0 N–H and O–H groups in total. The maximum atomic E-state index is 10.9. The number of hydrogen-bond acceptors (Lipinski definition) is 4. The fraction of sp³-hybridized carbons (Fsp3) is 0.462. The number of aldehydes is 1. The summed E-state index contributed by atoms with van der Waals surface area (Å²) in [6, 6.07) is 7.80. The Labute approximate surface area is 101 Å². The van der Waals surface area contributed by atoms with E-state index in [4.69, 9.17) is 9.47 Å². The van der Waals surface area contributed by atoms with Crippen LogP contribution in [0.5, 0.6) is 5.75 Å². The summed E-state index contributed by atoms with van der Waals surface area (Å²) in [5, 5.41) is 0. The van der Waals surface area contributed by atoms with Crippen molar-refractivity contribution in [3.63, 3.8) is 0 Å². The average Bonchev–Trinajstić information content (AvgIpc) is 2.40. The molecule has 0 aliphatic carbocycles. The van der Waals surface area contributed by atoms with E-state index in [0.717, 1.165) is 25.1 Å². The third kappa shape index (κ3) is 3.05. The summed E-state index contributed by atoms with van der Waals surface area (Å²) >= 11 is 0. The molecule has 0 radical (unpaired) electrons. The quantitative estimate of drug-likeness (QED) is 0.732. The molecule has 0 aromatic heterocycles. The number of benzene rings is 1. The number of nitrogens with zero attached hydrogens (tertiary/aromatic N) is 1. The predicted octanol–water partition coefficient (Wildman–Crippen LogP) is 1.09. The van der Waals surface area contributed by atoms with Crippen LogP contribution in [0, 0.1) is 0 Å². The van der Waals surface area contributed by atoms with Crippen LogP contribution < -0.4 is 4.74 Å². The highest BCUT2D eigenvalue weighted by Gasteiger charge is 2.22. The Morgan fingerprint density at radius 3 is 2.88 bits per heavy atom. The van der Waals surface area contributed by atoms with E-state index in [2.05, 4.69) is 4.90 Å².